The second-order valence-electron chi connectivity index (χ2n) is 7.15. The van der Waals surface area contributed by atoms with Crippen LogP contribution in [0.4, 0.5) is 5.13 Å². The van der Waals surface area contributed by atoms with Gasteiger partial charge in [0.25, 0.3) is 5.91 Å². The van der Waals surface area contributed by atoms with E-state index in [-0.39, 0.29) is 23.5 Å². The number of thiophene rings is 1. The highest BCUT2D eigenvalue weighted by molar-refractivity contribution is 7.18. The summed E-state index contributed by atoms with van der Waals surface area (Å²) in [6.07, 6.45) is 1.22. The van der Waals surface area contributed by atoms with E-state index in [0.717, 1.165) is 10.4 Å². The van der Waals surface area contributed by atoms with Gasteiger partial charge in [0.05, 0.1) is 15.4 Å². The first-order valence-corrected chi connectivity index (χ1v) is 11.4. The molecule has 1 saturated heterocycles. The summed E-state index contributed by atoms with van der Waals surface area (Å²) in [5, 5.41) is 5.20. The van der Waals surface area contributed by atoms with Crippen LogP contribution in [0.3, 0.4) is 0 Å². The number of Topliss-reactive ketones (excluding diaryl/α,β-unsaturated/α-hetero) is 1. The van der Waals surface area contributed by atoms with Gasteiger partial charge >= 0.3 is 0 Å². The van der Waals surface area contributed by atoms with Crippen molar-refractivity contribution < 1.29 is 14.4 Å². The fourth-order valence-corrected chi connectivity index (χ4v) is 5.09. The van der Waals surface area contributed by atoms with E-state index in [1.54, 1.807) is 4.90 Å². The van der Waals surface area contributed by atoms with E-state index in [0.29, 0.717) is 41.6 Å². The lowest BCUT2D eigenvalue weighted by molar-refractivity contribution is -0.121. The maximum absolute atomic E-state index is 12.8. The van der Waals surface area contributed by atoms with Crippen molar-refractivity contribution in [3.05, 3.63) is 57.6 Å². The van der Waals surface area contributed by atoms with Crippen molar-refractivity contribution in [1.29, 1.82) is 0 Å². The summed E-state index contributed by atoms with van der Waals surface area (Å²) in [5.41, 5.74) is 1.44. The Balaban J connectivity index is 1.41. The van der Waals surface area contributed by atoms with Gasteiger partial charge in [0.15, 0.2) is 10.9 Å². The molecule has 0 spiro atoms. The average Bonchev–Trinajstić information content (AvgIpc) is 3.44. The van der Waals surface area contributed by atoms with E-state index in [1.807, 2.05) is 47.8 Å². The molecule has 0 radical (unpaired) electrons. The molecule has 0 unspecified atom stereocenters. The fourth-order valence-electron chi connectivity index (χ4n) is 3.51. The summed E-state index contributed by atoms with van der Waals surface area (Å²) in [6, 6.07) is 13.2. The number of ketones is 1. The molecule has 3 aromatic rings. The molecule has 6 nitrogen and oxygen atoms in total. The van der Waals surface area contributed by atoms with Crippen molar-refractivity contribution in [2.24, 2.45) is 5.92 Å². The van der Waals surface area contributed by atoms with E-state index >= 15 is 0 Å². The lowest BCUT2D eigenvalue weighted by Gasteiger charge is -2.30. The molecule has 0 atom stereocenters. The first-order valence-electron chi connectivity index (χ1n) is 9.73. The fraction of sp³-hybridized carbons (Fsp3) is 0.273. The van der Waals surface area contributed by atoms with Crippen molar-refractivity contribution in [2.75, 3.05) is 18.4 Å². The first kappa shape index (κ1) is 20.4. The van der Waals surface area contributed by atoms with Gasteiger partial charge in [0.1, 0.15) is 0 Å². The summed E-state index contributed by atoms with van der Waals surface area (Å²) in [4.78, 5) is 44.9. The van der Waals surface area contributed by atoms with Crippen LogP contribution in [-0.2, 0) is 4.79 Å². The molecular weight excluding hydrogens is 418 g/mol. The van der Waals surface area contributed by atoms with Gasteiger partial charge in [-0.05, 0) is 24.3 Å². The predicted molar refractivity (Wildman–Crippen MR) is 119 cm³/mol. The van der Waals surface area contributed by atoms with Crippen LogP contribution < -0.4 is 5.32 Å². The Bertz CT molecular complexity index is 1050. The first-order chi connectivity index (χ1) is 14.5. The van der Waals surface area contributed by atoms with Gasteiger partial charge in [-0.3, -0.25) is 14.4 Å². The number of rotatable bonds is 5. The topological polar surface area (TPSA) is 79.4 Å². The number of nitrogens with zero attached hydrogens (tertiary/aromatic N) is 2. The summed E-state index contributed by atoms with van der Waals surface area (Å²) < 4.78 is 0. The third kappa shape index (κ3) is 4.34. The molecule has 0 aliphatic carbocycles. The van der Waals surface area contributed by atoms with Crippen LogP contribution in [-0.4, -0.2) is 40.6 Å². The Hall–Kier alpha value is -2.84. The zero-order chi connectivity index (χ0) is 21.1. The maximum atomic E-state index is 12.8. The number of nitrogens with one attached hydrogen (secondary N) is 1. The van der Waals surface area contributed by atoms with Crippen molar-refractivity contribution in [3.8, 4) is 11.3 Å². The molecule has 1 aliphatic heterocycles. The number of thiazole rings is 1. The van der Waals surface area contributed by atoms with Crippen molar-refractivity contribution >= 4 is 45.4 Å². The van der Waals surface area contributed by atoms with Crippen LogP contribution in [0, 0.1) is 5.92 Å². The van der Waals surface area contributed by atoms with Crippen molar-refractivity contribution in [3.63, 3.8) is 0 Å². The molecule has 2 aromatic heterocycles. The largest absolute Gasteiger partial charge is 0.338 e. The van der Waals surface area contributed by atoms with Gasteiger partial charge in [-0.2, -0.15) is 0 Å². The van der Waals surface area contributed by atoms with Crippen LogP contribution in [0.15, 0.2) is 47.8 Å². The van der Waals surface area contributed by atoms with E-state index < -0.39 is 0 Å². The Morgan fingerprint density at radius 1 is 1.07 bits per heavy atom. The minimum absolute atomic E-state index is 0.0300. The van der Waals surface area contributed by atoms with E-state index in [1.165, 1.54) is 29.6 Å². The lowest BCUT2D eigenvalue weighted by atomic mass is 9.96. The molecule has 1 fully saturated rings. The van der Waals surface area contributed by atoms with Gasteiger partial charge < -0.3 is 10.2 Å². The Kier molecular flexibility index (Phi) is 6.06. The van der Waals surface area contributed by atoms with Crippen LogP contribution in [0.1, 0.15) is 39.1 Å². The third-order valence-electron chi connectivity index (χ3n) is 5.11. The van der Waals surface area contributed by atoms with Crippen molar-refractivity contribution in [1.82, 2.24) is 9.88 Å². The SMILES string of the molecule is CC(=O)c1sc(NC(=O)C2CCN(C(=O)c3cccs3)CC2)nc1-c1ccccc1. The molecule has 1 aromatic carbocycles. The number of amides is 2. The zero-order valence-corrected chi connectivity index (χ0v) is 18.1. The second kappa shape index (κ2) is 8.89. The molecule has 4 rings (SSSR count). The number of carbonyl (C=O) groups excluding carboxylic acids is 3. The molecule has 2 amide bonds. The normalized spacial score (nSPS) is 14.5. The minimum Gasteiger partial charge on any atom is -0.338 e. The van der Waals surface area contributed by atoms with Gasteiger partial charge in [-0.15, -0.1) is 11.3 Å². The Morgan fingerprint density at radius 2 is 1.80 bits per heavy atom. The number of piperidine rings is 1. The molecule has 1 aliphatic rings. The predicted octanol–water partition coefficient (Wildman–Crippen LogP) is 4.57. The third-order valence-corrected chi connectivity index (χ3v) is 7.04. The number of benzene rings is 1. The van der Waals surface area contributed by atoms with E-state index in [9.17, 15) is 14.4 Å². The van der Waals surface area contributed by atoms with Gasteiger partial charge in [-0.25, -0.2) is 4.98 Å². The molecular formula is C22H21N3O3S2. The molecule has 8 heteroatoms. The van der Waals surface area contributed by atoms with Crippen LogP contribution in [0.2, 0.25) is 0 Å². The van der Waals surface area contributed by atoms with E-state index in [4.69, 9.17) is 0 Å². The zero-order valence-electron chi connectivity index (χ0n) is 16.5. The number of hydrogen-bond acceptors (Lipinski definition) is 6. The maximum Gasteiger partial charge on any atom is 0.263 e. The molecule has 154 valence electrons. The van der Waals surface area contributed by atoms with Crippen LogP contribution in [0.25, 0.3) is 11.3 Å². The molecule has 0 bridgehead atoms. The quantitative estimate of drug-likeness (QED) is 0.591. The average molecular weight is 440 g/mol. The highest BCUT2D eigenvalue weighted by Gasteiger charge is 2.29. The number of likely N-dealkylation sites (tertiary alicyclic amines) is 1. The number of aromatic nitrogens is 1. The summed E-state index contributed by atoms with van der Waals surface area (Å²) in [7, 11) is 0. The molecule has 0 saturated carbocycles. The van der Waals surface area contributed by atoms with Crippen LogP contribution in [0.5, 0.6) is 0 Å². The number of anilines is 1. The van der Waals surface area contributed by atoms with Crippen molar-refractivity contribution in [2.45, 2.75) is 19.8 Å². The van der Waals surface area contributed by atoms with Gasteiger partial charge in [0.2, 0.25) is 5.91 Å². The number of carbonyl (C=O) groups is 3. The minimum atomic E-state index is -0.178. The smallest absolute Gasteiger partial charge is 0.263 e. The lowest BCUT2D eigenvalue weighted by Crippen LogP contribution is -2.41. The van der Waals surface area contributed by atoms with E-state index in [2.05, 4.69) is 10.3 Å². The monoisotopic (exact) mass is 439 g/mol. The number of hydrogen-bond donors (Lipinski definition) is 1. The Morgan fingerprint density at radius 3 is 2.43 bits per heavy atom. The molecule has 3 heterocycles. The highest BCUT2D eigenvalue weighted by Crippen LogP contribution is 2.32. The Labute approximate surface area is 182 Å². The summed E-state index contributed by atoms with van der Waals surface area (Å²) in [5.74, 6) is -0.335. The van der Waals surface area contributed by atoms with Gasteiger partial charge in [-0.1, -0.05) is 47.7 Å². The standard InChI is InChI=1S/C22H21N3O3S2/c1-14(26)19-18(15-6-3-2-4-7-15)23-22(30-19)24-20(27)16-9-11-25(12-10-16)21(28)17-8-5-13-29-17/h2-8,13,16H,9-12H2,1H3,(H,23,24,27). The van der Waals surface area contributed by atoms with Crippen LogP contribution >= 0.6 is 22.7 Å². The molecule has 30 heavy (non-hydrogen) atoms. The second-order valence-corrected chi connectivity index (χ2v) is 9.10. The highest BCUT2D eigenvalue weighted by atomic mass is 32.1. The molecule has 1 N–H and O–H groups in total. The summed E-state index contributed by atoms with van der Waals surface area (Å²) in [6.45, 7) is 2.62. The van der Waals surface area contributed by atoms with Gasteiger partial charge in [0, 0.05) is 31.5 Å². The summed E-state index contributed by atoms with van der Waals surface area (Å²) >= 11 is 2.64.